The van der Waals surface area contributed by atoms with Gasteiger partial charge < -0.3 is 0 Å². The summed E-state index contributed by atoms with van der Waals surface area (Å²) in [5, 5.41) is 0. The first-order valence-electron chi connectivity index (χ1n) is 10.7. The van der Waals surface area contributed by atoms with Gasteiger partial charge in [-0.25, -0.2) is 0 Å². The van der Waals surface area contributed by atoms with Crippen molar-refractivity contribution in [1.82, 2.24) is 0 Å². The van der Waals surface area contributed by atoms with Crippen molar-refractivity contribution in [2.75, 3.05) is 0 Å². The molecule has 0 unspecified atom stereocenters. The van der Waals surface area contributed by atoms with Crippen LogP contribution in [0.2, 0.25) is 0 Å². The lowest BCUT2D eigenvalue weighted by Gasteiger charge is -2.65. The van der Waals surface area contributed by atoms with Crippen LogP contribution in [0.15, 0.2) is 0 Å². The molecule has 0 radical (unpaired) electrons. The van der Waals surface area contributed by atoms with Gasteiger partial charge in [-0.05, 0) is 67.6 Å². The van der Waals surface area contributed by atoms with E-state index < -0.39 is 0 Å². The average molecular weight is 305 g/mol. The van der Waals surface area contributed by atoms with E-state index in [-0.39, 0.29) is 0 Å². The molecule has 0 aliphatic heterocycles. The maximum Gasteiger partial charge on any atom is -0.0185 e. The highest BCUT2D eigenvalue weighted by Gasteiger charge is 2.60. The first-order valence-corrected chi connectivity index (χ1v) is 10.7. The summed E-state index contributed by atoms with van der Waals surface area (Å²) in [6, 6.07) is 0. The molecule has 22 heavy (non-hydrogen) atoms. The van der Waals surface area contributed by atoms with Gasteiger partial charge in [-0.1, -0.05) is 71.6 Å². The molecule has 0 amide bonds. The Morgan fingerprint density at radius 1 is 0.455 bits per heavy atom. The maximum absolute atomic E-state index is 2.55. The van der Waals surface area contributed by atoms with Gasteiger partial charge in [0.15, 0.2) is 0 Å². The van der Waals surface area contributed by atoms with Gasteiger partial charge in [0.2, 0.25) is 0 Å². The summed E-state index contributed by atoms with van der Waals surface area (Å²) < 4.78 is 0. The van der Waals surface area contributed by atoms with Gasteiger partial charge in [-0.2, -0.15) is 0 Å². The van der Waals surface area contributed by atoms with E-state index in [0.717, 1.165) is 0 Å². The topological polar surface area (TPSA) is 0 Å². The summed E-state index contributed by atoms with van der Waals surface area (Å²) in [4.78, 5) is 0. The van der Waals surface area contributed by atoms with Crippen molar-refractivity contribution in [1.29, 1.82) is 0 Å². The van der Waals surface area contributed by atoms with E-state index in [4.69, 9.17) is 0 Å². The quantitative estimate of drug-likeness (QED) is 0.500. The highest BCUT2D eigenvalue weighted by atomic mass is 14.6. The minimum atomic E-state index is 0.707. The molecule has 3 rings (SSSR count). The van der Waals surface area contributed by atoms with Crippen LogP contribution >= 0.6 is 0 Å². The van der Waals surface area contributed by atoms with Crippen molar-refractivity contribution >= 4 is 0 Å². The Kier molecular flexibility index (Phi) is 5.25. The van der Waals surface area contributed by atoms with Crippen molar-refractivity contribution in [3.05, 3.63) is 0 Å². The lowest BCUT2D eigenvalue weighted by atomic mass is 9.39. The highest BCUT2D eigenvalue weighted by Crippen LogP contribution is 2.70. The van der Waals surface area contributed by atoms with Crippen LogP contribution < -0.4 is 0 Å². The van der Waals surface area contributed by atoms with Crippen LogP contribution in [0, 0.1) is 16.2 Å². The smallest absolute Gasteiger partial charge is 0.0185 e. The summed E-state index contributed by atoms with van der Waals surface area (Å²) >= 11 is 0. The Labute approximate surface area is 139 Å². The van der Waals surface area contributed by atoms with Gasteiger partial charge in [-0.3, -0.25) is 0 Å². The van der Waals surface area contributed by atoms with Crippen LogP contribution in [0.25, 0.3) is 0 Å². The fourth-order valence-corrected chi connectivity index (χ4v) is 7.58. The molecule has 0 nitrogen and oxygen atoms in total. The van der Waals surface area contributed by atoms with Crippen molar-refractivity contribution in [3.8, 4) is 0 Å². The van der Waals surface area contributed by atoms with Crippen LogP contribution in [-0.4, -0.2) is 0 Å². The Balaban J connectivity index is 2.02. The first-order chi connectivity index (χ1) is 10.7. The Bertz CT molecular complexity index is 307. The molecule has 0 saturated heterocycles. The molecule has 0 aromatic carbocycles. The Morgan fingerprint density at radius 3 is 1.09 bits per heavy atom. The molecular weight excluding hydrogens is 264 g/mol. The minimum Gasteiger partial charge on any atom is -0.0648 e. The van der Waals surface area contributed by atoms with E-state index in [2.05, 4.69) is 13.8 Å². The molecule has 0 spiro atoms. The average Bonchev–Trinajstić information content (AvgIpc) is 2.63. The largest absolute Gasteiger partial charge is 0.0648 e. The maximum atomic E-state index is 2.55. The SMILES string of the molecule is CCC1(C2(C3(CC)CCCCC3)CCCCC2)CCCCC1. The molecule has 3 aliphatic rings. The van der Waals surface area contributed by atoms with Crippen molar-refractivity contribution in [2.24, 2.45) is 16.2 Å². The van der Waals surface area contributed by atoms with Gasteiger partial charge >= 0.3 is 0 Å². The van der Waals surface area contributed by atoms with E-state index in [1.807, 2.05) is 0 Å². The molecule has 0 aromatic rings. The predicted octanol–water partition coefficient (Wildman–Crippen LogP) is 7.66. The lowest BCUT2D eigenvalue weighted by molar-refractivity contribution is -0.153. The van der Waals surface area contributed by atoms with Gasteiger partial charge in [0.1, 0.15) is 0 Å². The molecule has 3 fully saturated rings. The molecule has 0 heteroatoms. The second-order valence-electron chi connectivity index (χ2n) is 9.03. The Hall–Kier alpha value is 0. The molecule has 128 valence electrons. The van der Waals surface area contributed by atoms with E-state index in [0.29, 0.717) is 16.2 Å². The Morgan fingerprint density at radius 2 is 0.773 bits per heavy atom. The normalized spacial score (nSPS) is 30.8. The molecule has 3 aliphatic carbocycles. The summed E-state index contributed by atoms with van der Waals surface area (Å²) in [6.07, 6.45) is 26.0. The molecule has 0 N–H and O–H groups in total. The van der Waals surface area contributed by atoms with E-state index in [1.54, 1.807) is 38.5 Å². The molecule has 0 atom stereocenters. The minimum absolute atomic E-state index is 0.707. The second kappa shape index (κ2) is 6.86. The zero-order chi connectivity index (χ0) is 15.5. The molecule has 0 aromatic heterocycles. The molecule has 0 bridgehead atoms. The van der Waals surface area contributed by atoms with Crippen LogP contribution in [0.1, 0.15) is 123 Å². The number of hydrogen-bond donors (Lipinski definition) is 0. The molecular formula is C22H40. The number of rotatable bonds is 4. The van der Waals surface area contributed by atoms with E-state index in [9.17, 15) is 0 Å². The summed E-state index contributed by atoms with van der Waals surface area (Å²) in [7, 11) is 0. The number of hydrogen-bond acceptors (Lipinski definition) is 0. The van der Waals surface area contributed by atoms with Crippen molar-refractivity contribution in [3.63, 3.8) is 0 Å². The van der Waals surface area contributed by atoms with Crippen molar-refractivity contribution in [2.45, 2.75) is 123 Å². The van der Waals surface area contributed by atoms with Crippen LogP contribution in [0.3, 0.4) is 0 Å². The van der Waals surface area contributed by atoms with Crippen LogP contribution in [0.5, 0.6) is 0 Å². The zero-order valence-corrected chi connectivity index (χ0v) is 15.5. The standard InChI is InChI=1S/C22H40/c1-3-20(14-8-5-9-15-20)22(18-12-7-13-19-22)21(4-2)16-10-6-11-17-21/h3-19H2,1-2H3. The fraction of sp³-hybridized carbons (Fsp3) is 1.00. The zero-order valence-electron chi connectivity index (χ0n) is 15.5. The summed E-state index contributed by atoms with van der Waals surface area (Å²) in [6.45, 7) is 5.10. The summed E-state index contributed by atoms with van der Waals surface area (Å²) in [5.74, 6) is 0. The predicted molar refractivity (Wildman–Crippen MR) is 97.1 cm³/mol. The van der Waals surface area contributed by atoms with Crippen LogP contribution in [0.4, 0.5) is 0 Å². The van der Waals surface area contributed by atoms with Gasteiger partial charge in [0, 0.05) is 0 Å². The third-order valence-corrected chi connectivity index (χ3v) is 8.71. The molecule has 3 saturated carbocycles. The van der Waals surface area contributed by atoms with Crippen LogP contribution in [-0.2, 0) is 0 Å². The molecule has 0 heterocycles. The van der Waals surface area contributed by atoms with Gasteiger partial charge in [0.05, 0.1) is 0 Å². The summed E-state index contributed by atoms with van der Waals surface area (Å²) in [5.41, 5.74) is 2.13. The van der Waals surface area contributed by atoms with E-state index >= 15 is 0 Å². The second-order valence-corrected chi connectivity index (χ2v) is 9.03. The van der Waals surface area contributed by atoms with E-state index in [1.165, 1.54) is 70.6 Å². The van der Waals surface area contributed by atoms with Gasteiger partial charge in [-0.15, -0.1) is 0 Å². The monoisotopic (exact) mass is 304 g/mol. The van der Waals surface area contributed by atoms with Gasteiger partial charge in [0.25, 0.3) is 0 Å². The third-order valence-electron chi connectivity index (χ3n) is 8.71. The highest BCUT2D eigenvalue weighted by molar-refractivity contribution is 5.09. The fourth-order valence-electron chi connectivity index (χ4n) is 7.58. The third kappa shape index (κ3) is 2.48. The lowest BCUT2D eigenvalue weighted by Crippen LogP contribution is -2.56. The van der Waals surface area contributed by atoms with Crippen molar-refractivity contribution < 1.29 is 0 Å². The first kappa shape index (κ1) is 16.8.